The van der Waals surface area contributed by atoms with Crippen LogP contribution in [0, 0.1) is 0 Å². The number of alkyl halides is 3. The molecular formula is C24H22F3NO5S. The highest BCUT2D eigenvalue weighted by atomic mass is 32.2. The lowest BCUT2D eigenvalue weighted by Crippen LogP contribution is -2.40. The number of ketones is 1. The molecule has 0 aliphatic carbocycles. The van der Waals surface area contributed by atoms with Gasteiger partial charge in [0.05, 0.1) is 17.9 Å². The van der Waals surface area contributed by atoms with Gasteiger partial charge >= 0.3 is 6.18 Å². The molecule has 2 aromatic carbocycles. The van der Waals surface area contributed by atoms with Crippen LogP contribution in [0.4, 0.5) is 13.2 Å². The third-order valence-corrected chi connectivity index (χ3v) is 7.41. The van der Waals surface area contributed by atoms with Crippen LogP contribution in [-0.4, -0.2) is 31.1 Å². The van der Waals surface area contributed by atoms with Crippen LogP contribution in [0.2, 0.25) is 0 Å². The monoisotopic (exact) mass is 493 g/mol. The summed E-state index contributed by atoms with van der Waals surface area (Å²) in [6.07, 6.45) is -1.57. The van der Waals surface area contributed by atoms with Crippen LogP contribution >= 0.6 is 0 Å². The SMILES string of the molecule is O=C(CCc1ccc(Oc2cccc(C(F)(F)F)c2)cc1)[C@@H]1CCCN1S(=O)(=O)c1ccco1. The van der Waals surface area contributed by atoms with Gasteiger partial charge in [-0.1, -0.05) is 18.2 Å². The predicted octanol–water partition coefficient (Wildman–Crippen LogP) is 5.45. The highest BCUT2D eigenvalue weighted by molar-refractivity contribution is 7.89. The minimum atomic E-state index is -4.46. The van der Waals surface area contributed by atoms with Crippen LogP contribution in [0.25, 0.3) is 0 Å². The third-order valence-electron chi connectivity index (χ3n) is 5.61. The van der Waals surface area contributed by atoms with E-state index in [9.17, 15) is 26.4 Å². The fraction of sp³-hybridized carbons (Fsp3) is 0.292. The second-order valence-electron chi connectivity index (χ2n) is 7.94. The summed E-state index contributed by atoms with van der Waals surface area (Å²) in [4.78, 5) is 12.8. The molecule has 0 spiro atoms. The Morgan fingerprint density at radius 3 is 2.50 bits per heavy atom. The lowest BCUT2D eigenvalue weighted by molar-refractivity contribution is -0.137. The predicted molar refractivity (Wildman–Crippen MR) is 117 cm³/mol. The number of halogens is 3. The van der Waals surface area contributed by atoms with E-state index < -0.39 is 27.8 Å². The van der Waals surface area contributed by atoms with Gasteiger partial charge in [0.25, 0.3) is 10.0 Å². The molecule has 34 heavy (non-hydrogen) atoms. The minimum absolute atomic E-state index is 0.0665. The molecule has 1 saturated heterocycles. The summed E-state index contributed by atoms with van der Waals surface area (Å²) in [5, 5.41) is -0.177. The van der Waals surface area contributed by atoms with Gasteiger partial charge in [-0.3, -0.25) is 4.79 Å². The number of sulfonamides is 1. The number of rotatable bonds is 8. The number of hydrogen-bond donors (Lipinski definition) is 0. The van der Waals surface area contributed by atoms with Crippen molar-refractivity contribution in [2.75, 3.05) is 6.54 Å². The highest BCUT2D eigenvalue weighted by Crippen LogP contribution is 2.33. The summed E-state index contributed by atoms with van der Waals surface area (Å²) in [7, 11) is -3.86. The number of aryl methyl sites for hydroxylation is 1. The Hall–Kier alpha value is -3.11. The van der Waals surface area contributed by atoms with Crippen LogP contribution in [0.3, 0.4) is 0 Å². The van der Waals surface area contributed by atoms with Gasteiger partial charge in [0.2, 0.25) is 5.09 Å². The maximum atomic E-state index is 12.9. The zero-order valence-electron chi connectivity index (χ0n) is 18.0. The van der Waals surface area contributed by atoms with Crippen molar-refractivity contribution in [3.05, 3.63) is 78.1 Å². The van der Waals surface area contributed by atoms with Crippen LogP contribution in [0.15, 0.2) is 76.4 Å². The standard InChI is InChI=1S/C24H22F3NO5S/c25-24(26,27)18-4-1-5-20(16-18)33-19-11-8-17(9-12-19)10-13-22(29)21-6-2-14-28(21)34(30,31)23-7-3-15-32-23/h1,3-5,7-9,11-12,15-16,21H,2,6,10,13-14H2/t21-/m0/s1. The first-order valence-electron chi connectivity index (χ1n) is 10.7. The maximum absolute atomic E-state index is 12.9. The van der Waals surface area contributed by atoms with Gasteiger partial charge in [0, 0.05) is 13.0 Å². The first-order valence-corrected chi connectivity index (χ1v) is 12.1. The Labute approximate surface area is 195 Å². The number of carbonyl (C=O) groups excluding carboxylic acids is 1. The molecule has 0 N–H and O–H groups in total. The highest BCUT2D eigenvalue weighted by Gasteiger charge is 2.40. The average molecular weight is 494 g/mol. The van der Waals surface area contributed by atoms with Gasteiger partial charge in [-0.2, -0.15) is 17.5 Å². The van der Waals surface area contributed by atoms with Gasteiger partial charge in [0.1, 0.15) is 11.5 Å². The molecule has 1 fully saturated rings. The van der Waals surface area contributed by atoms with E-state index in [0.29, 0.717) is 25.0 Å². The van der Waals surface area contributed by atoms with Crippen molar-refractivity contribution in [2.24, 2.45) is 0 Å². The number of furan rings is 1. The molecule has 2 heterocycles. The van der Waals surface area contributed by atoms with Gasteiger partial charge in [-0.05, 0) is 67.3 Å². The minimum Gasteiger partial charge on any atom is -0.457 e. The summed E-state index contributed by atoms with van der Waals surface area (Å²) in [5.41, 5.74) is 0.0262. The lowest BCUT2D eigenvalue weighted by atomic mass is 10.0. The number of hydrogen-bond acceptors (Lipinski definition) is 5. The largest absolute Gasteiger partial charge is 0.457 e. The van der Waals surface area contributed by atoms with Crippen LogP contribution in [0.5, 0.6) is 11.5 Å². The van der Waals surface area contributed by atoms with Crippen molar-refractivity contribution < 1.29 is 35.5 Å². The number of nitrogens with zero attached hydrogens (tertiary/aromatic N) is 1. The maximum Gasteiger partial charge on any atom is 0.416 e. The van der Waals surface area contributed by atoms with Gasteiger partial charge in [0.15, 0.2) is 5.78 Å². The zero-order valence-corrected chi connectivity index (χ0v) is 18.8. The van der Waals surface area contributed by atoms with E-state index in [1.54, 1.807) is 24.3 Å². The van der Waals surface area contributed by atoms with Crippen molar-refractivity contribution in [3.8, 4) is 11.5 Å². The summed E-state index contributed by atoms with van der Waals surface area (Å²) < 4.78 is 75.8. The second-order valence-corrected chi connectivity index (χ2v) is 9.77. The topological polar surface area (TPSA) is 76.8 Å². The van der Waals surface area contributed by atoms with E-state index >= 15 is 0 Å². The number of benzene rings is 2. The van der Waals surface area contributed by atoms with E-state index in [0.717, 1.165) is 17.7 Å². The fourth-order valence-corrected chi connectivity index (χ4v) is 5.49. The zero-order chi connectivity index (χ0) is 24.3. The van der Waals surface area contributed by atoms with Gasteiger partial charge < -0.3 is 9.15 Å². The molecule has 1 aliphatic heterocycles. The molecule has 1 aliphatic rings. The smallest absolute Gasteiger partial charge is 0.416 e. The molecule has 4 rings (SSSR count). The molecule has 180 valence electrons. The molecule has 1 aromatic heterocycles. The summed E-state index contributed by atoms with van der Waals surface area (Å²) >= 11 is 0. The molecule has 10 heteroatoms. The number of Topliss-reactive ketones (excluding diaryl/α,β-unsaturated/α-hetero) is 1. The quantitative estimate of drug-likeness (QED) is 0.417. The normalized spacial score (nSPS) is 17.1. The first-order chi connectivity index (χ1) is 16.1. The van der Waals surface area contributed by atoms with E-state index in [-0.39, 0.29) is 29.6 Å². The van der Waals surface area contributed by atoms with Crippen molar-refractivity contribution in [2.45, 2.75) is 43.0 Å². The Morgan fingerprint density at radius 2 is 1.82 bits per heavy atom. The van der Waals surface area contributed by atoms with Crippen LogP contribution in [0.1, 0.15) is 30.4 Å². The van der Waals surface area contributed by atoms with Gasteiger partial charge in [-0.25, -0.2) is 8.42 Å². The summed E-state index contributed by atoms with van der Waals surface area (Å²) in [5.74, 6) is 0.259. The van der Waals surface area contributed by atoms with Crippen molar-refractivity contribution in [1.82, 2.24) is 4.31 Å². The Morgan fingerprint density at radius 1 is 1.06 bits per heavy atom. The van der Waals surface area contributed by atoms with Crippen LogP contribution in [-0.2, 0) is 27.4 Å². The van der Waals surface area contributed by atoms with E-state index in [1.165, 1.54) is 34.8 Å². The summed E-state index contributed by atoms with van der Waals surface area (Å²) in [6.45, 7) is 0.265. The fourth-order valence-electron chi connectivity index (χ4n) is 3.91. The van der Waals surface area contributed by atoms with Crippen LogP contribution < -0.4 is 4.74 Å². The molecule has 0 bridgehead atoms. The van der Waals surface area contributed by atoms with E-state index in [2.05, 4.69) is 0 Å². The van der Waals surface area contributed by atoms with Crippen molar-refractivity contribution >= 4 is 15.8 Å². The second kappa shape index (κ2) is 9.63. The van der Waals surface area contributed by atoms with E-state index in [4.69, 9.17) is 9.15 Å². The lowest BCUT2D eigenvalue weighted by Gasteiger charge is -2.21. The molecule has 0 unspecified atom stereocenters. The Balaban J connectivity index is 1.36. The molecule has 3 aromatic rings. The van der Waals surface area contributed by atoms with Crippen molar-refractivity contribution in [3.63, 3.8) is 0 Å². The number of ether oxygens (including phenoxy) is 1. The summed E-state index contributed by atoms with van der Waals surface area (Å²) in [6, 6.07) is 13.4. The Kier molecular flexibility index (Phi) is 6.81. The molecule has 1 atom stereocenters. The number of carbonyl (C=O) groups is 1. The molecule has 6 nitrogen and oxygen atoms in total. The molecule has 0 amide bonds. The van der Waals surface area contributed by atoms with Gasteiger partial charge in [-0.15, -0.1) is 0 Å². The molecular weight excluding hydrogens is 471 g/mol. The molecule has 0 radical (unpaired) electrons. The Bertz CT molecular complexity index is 1240. The van der Waals surface area contributed by atoms with Crippen molar-refractivity contribution in [1.29, 1.82) is 0 Å². The first kappa shape index (κ1) is 24.0. The van der Waals surface area contributed by atoms with E-state index in [1.807, 2.05) is 0 Å². The third kappa shape index (κ3) is 5.34. The molecule has 0 saturated carbocycles. The average Bonchev–Trinajstić information content (AvgIpc) is 3.51.